The number of benzene rings is 2. The van der Waals surface area contributed by atoms with Gasteiger partial charge in [0.2, 0.25) is 0 Å². The van der Waals surface area contributed by atoms with Crippen LogP contribution in [0.1, 0.15) is 22.8 Å². The van der Waals surface area contributed by atoms with E-state index in [0.717, 1.165) is 16.8 Å². The maximum Gasteiger partial charge on any atom is 0.344 e. The van der Waals surface area contributed by atoms with Gasteiger partial charge in [-0.2, -0.15) is 5.01 Å². The van der Waals surface area contributed by atoms with E-state index in [2.05, 4.69) is 5.43 Å². The van der Waals surface area contributed by atoms with Crippen LogP contribution in [0, 0.1) is 0 Å². The summed E-state index contributed by atoms with van der Waals surface area (Å²) in [6, 6.07) is 11.4. The first-order valence-corrected chi connectivity index (χ1v) is 10.8. The SMILES string of the molecule is COc1cc(/C=C2/SC(=S)N(NC(=O)c3ccccc3OC)C2=O)ccc1OC(C)C(=O)O. The van der Waals surface area contributed by atoms with E-state index in [9.17, 15) is 14.4 Å². The van der Waals surface area contributed by atoms with Gasteiger partial charge >= 0.3 is 5.97 Å². The molecule has 2 aromatic carbocycles. The number of methoxy groups -OCH3 is 2. The molecule has 1 atom stereocenters. The molecule has 2 amide bonds. The van der Waals surface area contributed by atoms with E-state index >= 15 is 0 Å². The number of carbonyl (C=O) groups is 3. The summed E-state index contributed by atoms with van der Waals surface area (Å²) in [5, 5.41) is 10.0. The number of thiocarbonyl (C=S) groups is 1. The quantitative estimate of drug-likeness (QED) is 0.427. The molecule has 0 aliphatic carbocycles. The molecule has 0 radical (unpaired) electrons. The molecule has 1 saturated heterocycles. The Balaban J connectivity index is 1.79. The fourth-order valence-corrected chi connectivity index (χ4v) is 4.00. The van der Waals surface area contributed by atoms with Gasteiger partial charge in [0.25, 0.3) is 11.8 Å². The van der Waals surface area contributed by atoms with Crippen molar-refractivity contribution in [3.05, 3.63) is 58.5 Å². The number of hydrogen-bond acceptors (Lipinski definition) is 8. The monoisotopic (exact) mass is 488 g/mol. The number of rotatable bonds is 8. The van der Waals surface area contributed by atoms with Crippen LogP contribution in [0.5, 0.6) is 17.2 Å². The first-order chi connectivity index (χ1) is 15.7. The molecule has 0 saturated carbocycles. The normalized spacial score (nSPS) is 15.4. The third kappa shape index (κ3) is 5.44. The number of carbonyl (C=O) groups excluding carboxylic acids is 2. The summed E-state index contributed by atoms with van der Waals surface area (Å²) in [6.45, 7) is 1.40. The van der Waals surface area contributed by atoms with E-state index in [1.807, 2.05) is 0 Å². The lowest BCUT2D eigenvalue weighted by atomic mass is 10.2. The molecule has 11 heteroatoms. The highest BCUT2D eigenvalue weighted by Crippen LogP contribution is 2.34. The van der Waals surface area contributed by atoms with E-state index in [0.29, 0.717) is 17.1 Å². The number of thioether (sulfide) groups is 1. The van der Waals surface area contributed by atoms with Crippen LogP contribution >= 0.6 is 24.0 Å². The fourth-order valence-electron chi connectivity index (χ4n) is 2.82. The number of nitrogens with zero attached hydrogens (tertiary/aromatic N) is 1. The van der Waals surface area contributed by atoms with Crippen molar-refractivity contribution in [3.8, 4) is 17.2 Å². The van der Waals surface area contributed by atoms with E-state index < -0.39 is 23.9 Å². The van der Waals surface area contributed by atoms with Gasteiger partial charge in [-0.3, -0.25) is 15.0 Å². The maximum atomic E-state index is 12.9. The number of para-hydroxylation sites is 1. The lowest BCUT2D eigenvalue weighted by molar-refractivity contribution is -0.144. The molecule has 0 bridgehead atoms. The maximum absolute atomic E-state index is 12.9. The second-order valence-electron chi connectivity index (χ2n) is 6.67. The van der Waals surface area contributed by atoms with Crippen molar-refractivity contribution in [3.63, 3.8) is 0 Å². The second-order valence-corrected chi connectivity index (χ2v) is 8.34. The van der Waals surface area contributed by atoms with Crippen molar-refractivity contribution < 1.29 is 33.7 Å². The van der Waals surface area contributed by atoms with Crippen LogP contribution in [0.3, 0.4) is 0 Å². The lowest BCUT2D eigenvalue weighted by Crippen LogP contribution is -2.44. The second kappa shape index (κ2) is 10.4. The van der Waals surface area contributed by atoms with Crippen molar-refractivity contribution in [2.75, 3.05) is 14.2 Å². The van der Waals surface area contributed by atoms with Crippen molar-refractivity contribution in [1.29, 1.82) is 0 Å². The van der Waals surface area contributed by atoms with Gasteiger partial charge in [0, 0.05) is 0 Å². The molecule has 2 N–H and O–H groups in total. The Morgan fingerprint density at radius 1 is 1.12 bits per heavy atom. The highest BCUT2D eigenvalue weighted by Gasteiger charge is 2.34. The molecule has 33 heavy (non-hydrogen) atoms. The van der Waals surface area contributed by atoms with E-state index in [-0.39, 0.29) is 20.5 Å². The zero-order valence-corrected chi connectivity index (χ0v) is 19.5. The van der Waals surface area contributed by atoms with Gasteiger partial charge in [0.05, 0.1) is 24.7 Å². The minimum Gasteiger partial charge on any atom is -0.496 e. The first kappa shape index (κ1) is 24.1. The fraction of sp³-hybridized carbons (Fsp3) is 0.182. The Morgan fingerprint density at radius 3 is 2.48 bits per heavy atom. The Bertz CT molecular complexity index is 1150. The number of carboxylic acids is 1. The topological polar surface area (TPSA) is 114 Å². The Kier molecular flexibility index (Phi) is 7.56. The van der Waals surface area contributed by atoms with E-state index in [1.165, 1.54) is 21.1 Å². The standard InChI is InChI=1S/C22H20N2O7S2/c1-12(21(27)28)31-16-9-8-13(10-17(16)30-3)11-18-20(26)24(22(32)33-18)23-19(25)14-6-4-5-7-15(14)29-2/h4-12H,1-3H3,(H,23,25)(H,27,28)/b18-11+. The molecule has 1 aliphatic rings. The molecule has 1 fully saturated rings. The van der Waals surface area contributed by atoms with Crippen LogP contribution in [-0.2, 0) is 9.59 Å². The molecule has 9 nitrogen and oxygen atoms in total. The van der Waals surface area contributed by atoms with Crippen LogP contribution in [0.15, 0.2) is 47.4 Å². The van der Waals surface area contributed by atoms with Crippen molar-refractivity contribution in [2.45, 2.75) is 13.0 Å². The summed E-state index contributed by atoms with van der Waals surface area (Å²) in [6.07, 6.45) is 0.523. The number of carboxylic acid groups (broad SMARTS) is 1. The molecular formula is C22H20N2O7S2. The number of hydrazine groups is 1. The van der Waals surface area contributed by atoms with Gasteiger partial charge in [-0.05, 0) is 55.0 Å². The minimum absolute atomic E-state index is 0.164. The van der Waals surface area contributed by atoms with Gasteiger partial charge in [-0.1, -0.05) is 30.0 Å². The third-order valence-corrected chi connectivity index (χ3v) is 5.80. The Morgan fingerprint density at radius 2 is 1.82 bits per heavy atom. The van der Waals surface area contributed by atoms with Gasteiger partial charge in [0.1, 0.15) is 5.75 Å². The average Bonchev–Trinajstić information content (AvgIpc) is 3.06. The third-order valence-electron chi connectivity index (χ3n) is 4.50. The summed E-state index contributed by atoms with van der Waals surface area (Å²) in [4.78, 5) is 36.8. The number of amides is 2. The summed E-state index contributed by atoms with van der Waals surface area (Å²) < 4.78 is 16.0. The Hall–Kier alpha value is -3.57. The molecule has 0 aromatic heterocycles. The molecule has 1 aliphatic heterocycles. The van der Waals surface area contributed by atoms with Crippen LogP contribution < -0.4 is 19.6 Å². The van der Waals surface area contributed by atoms with Gasteiger partial charge in [-0.25, -0.2) is 4.79 Å². The summed E-state index contributed by atoms with van der Waals surface area (Å²) in [5.41, 5.74) is 3.37. The highest BCUT2D eigenvalue weighted by atomic mass is 32.2. The molecule has 2 aromatic rings. The average molecular weight is 489 g/mol. The molecular weight excluding hydrogens is 468 g/mol. The largest absolute Gasteiger partial charge is 0.496 e. The number of aliphatic carboxylic acids is 1. The first-order valence-electron chi connectivity index (χ1n) is 9.54. The van der Waals surface area contributed by atoms with Crippen LogP contribution in [0.25, 0.3) is 6.08 Å². The molecule has 172 valence electrons. The van der Waals surface area contributed by atoms with Crippen molar-refractivity contribution in [2.24, 2.45) is 0 Å². The molecule has 0 spiro atoms. The van der Waals surface area contributed by atoms with Crippen LogP contribution in [0.2, 0.25) is 0 Å². The van der Waals surface area contributed by atoms with Crippen LogP contribution in [-0.4, -0.2) is 52.5 Å². The van der Waals surface area contributed by atoms with Gasteiger partial charge in [-0.15, -0.1) is 0 Å². The zero-order valence-electron chi connectivity index (χ0n) is 17.9. The van der Waals surface area contributed by atoms with Gasteiger partial charge in [0.15, 0.2) is 21.9 Å². The predicted octanol–water partition coefficient (Wildman–Crippen LogP) is 3.10. The number of ether oxygens (including phenoxy) is 3. The molecule has 3 rings (SSSR count). The highest BCUT2D eigenvalue weighted by molar-refractivity contribution is 8.26. The number of hydrogen-bond donors (Lipinski definition) is 2. The van der Waals surface area contributed by atoms with E-state index in [1.54, 1.807) is 48.5 Å². The van der Waals surface area contributed by atoms with Crippen LogP contribution in [0.4, 0.5) is 0 Å². The lowest BCUT2D eigenvalue weighted by Gasteiger charge is -2.16. The molecule has 1 heterocycles. The summed E-state index contributed by atoms with van der Waals surface area (Å²) >= 11 is 6.29. The van der Waals surface area contributed by atoms with Gasteiger partial charge < -0.3 is 19.3 Å². The zero-order chi connectivity index (χ0) is 24.1. The summed E-state index contributed by atoms with van der Waals surface area (Å²) in [5.74, 6) is -1.23. The smallest absolute Gasteiger partial charge is 0.344 e. The van der Waals surface area contributed by atoms with Crippen molar-refractivity contribution >= 4 is 52.2 Å². The minimum atomic E-state index is -1.11. The van der Waals surface area contributed by atoms with E-state index in [4.69, 9.17) is 31.5 Å². The Labute approximate surface area is 199 Å². The predicted molar refractivity (Wildman–Crippen MR) is 126 cm³/mol. The summed E-state index contributed by atoms with van der Waals surface area (Å²) in [7, 11) is 2.87. The number of nitrogens with one attached hydrogen (secondary N) is 1. The molecule has 1 unspecified atom stereocenters. The van der Waals surface area contributed by atoms with Crippen molar-refractivity contribution in [1.82, 2.24) is 10.4 Å².